The van der Waals surface area contributed by atoms with Gasteiger partial charge < -0.3 is 4.74 Å². The van der Waals surface area contributed by atoms with E-state index in [9.17, 15) is 13.2 Å². The van der Waals surface area contributed by atoms with Crippen LogP contribution in [-0.4, -0.2) is 6.61 Å². The van der Waals surface area contributed by atoms with Gasteiger partial charge in [0, 0.05) is 17.7 Å². The van der Waals surface area contributed by atoms with Gasteiger partial charge in [-0.3, -0.25) is 0 Å². The van der Waals surface area contributed by atoms with E-state index in [0.717, 1.165) is 18.2 Å². The minimum Gasteiger partial charge on any atom is -0.489 e. The highest BCUT2D eigenvalue weighted by Gasteiger charge is 2.19. The third-order valence-electron chi connectivity index (χ3n) is 2.53. The largest absolute Gasteiger partial charge is 0.489 e. The van der Waals surface area contributed by atoms with E-state index in [1.165, 1.54) is 12.1 Å². The molecule has 2 aromatic carbocycles. The van der Waals surface area contributed by atoms with E-state index in [2.05, 4.69) is 12.6 Å². The molecule has 0 fully saturated rings. The molecule has 5 heteroatoms. The molecular weight excluding hydrogens is 289 g/mol. The Labute approximate surface area is 119 Å². The molecular formula is C15H9ClF3O. The van der Waals surface area contributed by atoms with Crippen molar-refractivity contribution in [2.24, 2.45) is 0 Å². The van der Waals surface area contributed by atoms with Crippen molar-refractivity contribution in [3.63, 3.8) is 0 Å². The lowest BCUT2D eigenvalue weighted by Crippen LogP contribution is -1.98. The molecule has 0 heterocycles. The molecule has 0 aliphatic carbocycles. The Morgan fingerprint density at radius 1 is 1.10 bits per heavy atom. The standard InChI is InChI=1S/C15H9ClF3O/c1-2-6-20-9-7-12(18)15(13(19)8-9)14-10(16)4-3-5-11(14)17/h2,4-5,7-8H,1,6H2. The number of hydrogen-bond donors (Lipinski definition) is 0. The average Bonchev–Trinajstić information content (AvgIpc) is 2.39. The topological polar surface area (TPSA) is 9.23 Å². The van der Waals surface area contributed by atoms with Gasteiger partial charge in [0.15, 0.2) is 0 Å². The zero-order valence-corrected chi connectivity index (χ0v) is 11.0. The van der Waals surface area contributed by atoms with E-state index < -0.39 is 23.0 Å². The predicted octanol–water partition coefficient (Wildman–Crippen LogP) is 4.79. The van der Waals surface area contributed by atoms with Gasteiger partial charge in [0.05, 0.1) is 10.6 Å². The van der Waals surface area contributed by atoms with Crippen LogP contribution in [0.25, 0.3) is 11.1 Å². The Morgan fingerprint density at radius 2 is 1.75 bits per heavy atom. The van der Waals surface area contributed by atoms with Crippen molar-refractivity contribution < 1.29 is 17.9 Å². The van der Waals surface area contributed by atoms with Crippen LogP contribution in [0.3, 0.4) is 0 Å². The van der Waals surface area contributed by atoms with Crippen LogP contribution < -0.4 is 4.74 Å². The van der Waals surface area contributed by atoms with Crippen LogP contribution in [0.4, 0.5) is 13.2 Å². The van der Waals surface area contributed by atoms with Crippen molar-refractivity contribution in [3.8, 4) is 16.9 Å². The molecule has 0 aliphatic heterocycles. The van der Waals surface area contributed by atoms with Gasteiger partial charge in [-0.25, -0.2) is 13.2 Å². The first-order chi connectivity index (χ1) is 9.54. The van der Waals surface area contributed by atoms with Crippen LogP contribution in [0.5, 0.6) is 5.75 Å². The zero-order chi connectivity index (χ0) is 14.7. The van der Waals surface area contributed by atoms with E-state index in [1.54, 1.807) is 0 Å². The molecule has 2 rings (SSSR count). The number of ether oxygens (including phenoxy) is 1. The SMILES string of the molecule is C=CCOc1cc(F)c(-c2c(F)c[c]cc2Cl)c(F)c1. The normalized spacial score (nSPS) is 10.4. The molecule has 20 heavy (non-hydrogen) atoms. The lowest BCUT2D eigenvalue weighted by molar-refractivity contribution is 0.358. The summed E-state index contributed by atoms with van der Waals surface area (Å²) in [6.07, 6.45) is 1.44. The molecule has 0 aliphatic rings. The maximum Gasteiger partial charge on any atom is 0.137 e. The van der Waals surface area contributed by atoms with Gasteiger partial charge in [-0.05, 0) is 18.2 Å². The highest BCUT2D eigenvalue weighted by atomic mass is 35.5. The Balaban J connectivity index is 2.55. The molecule has 0 N–H and O–H groups in total. The molecule has 2 aromatic rings. The summed E-state index contributed by atoms with van der Waals surface area (Å²) in [6, 6.07) is 6.56. The molecule has 0 spiro atoms. The summed E-state index contributed by atoms with van der Waals surface area (Å²) in [7, 11) is 0. The molecule has 0 amide bonds. The van der Waals surface area contributed by atoms with Crippen molar-refractivity contribution in [2.45, 2.75) is 0 Å². The molecule has 0 saturated carbocycles. The Morgan fingerprint density at radius 3 is 2.30 bits per heavy atom. The summed E-state index contributed by atoms with van der Waals surface area (Å²) in [4.78, 5) is 0. The number of halogens is 4. The molecule has 0 aromatic heterocycles. The highest BCUT2D eigenvalue weighted by molar-refractivity contribution is 6.33. The van der Waals surface area contributed by atoms with Crippen LogP contribution in [0.2, 0.25) is 5.02 Å². The fourth-order valence-electron chi connectivity index (χ4n) is 1.71. The van der Waals surface area contributed by atoms with E-state index >= 15 is 0 Å². The molecule has 103 valence electrons. The average molecular weight is 298 g/mol. The van der Waals surface area contributed by atoms with Gasteiger partial charge in [-0.2, -0.15) is 0 Å². The number of hydrogen-bond acceptors (Lipinski definition) is 1. The number of rotatable bonds is 4. The van der Waals surface area contributed by atoms with E-state index in [1.807, 2.05) is 0 Å². The molecule has 0 bridgehead atoms. The van der Waals surface area contributed by atoms with E-state index in [4.69, 9.17) is 16.3 Å². The summed E-state index contributed by atoms with van der Waals surface area (Å²) in [5, 5.41) is -0.123. The van der Waals surface area contributed by atoms with Gasteiger partial charge >= 0.3 is 0 Å². The van der Waals surface area contributed by atoms with Gasteiger partial charge in [-0.15, -0.1) is 0 Å². The lowest BCUT2D eigenvalue weighted by atomic mass is 10.0. The first kappa shape index (κ1) is 14.5. The second-order valence-corrected chi connectivity index (χ2v) is 4.30. The minimum atomic E-state index is -0.962. The second-order valence-electron chi connectivity index (χ2n) is 3.89. The fourth-order valence-corrected chi connectivity index (χ4v) is 1.96. The molecule has 0 saturated heterocycles. The van der Waals surface area contributed by atoms with Crippen LogP contribution >= 0.6 is 11.6 Å². The quantitative estimate of drug-likeness (QED) is 0.737. The molecule has 0 unspecified atom stereocenters. The van der Waals surface area contributed by atoms with Crippen molar-refractivity contribution in [3.05, 3.63) is 65.5 Å². The smallest absolute Gasteiger partial charge is 0.137 e. The Bertz CT molecular complexity index is 612. The summed E-state index contributed by atoms with van der Waals surface area (Å²) in [5.41, 5.74) is -0.872. The summed E-state index contributed by atoms with van der Waals surface area (Å²) >= 11 is 5.78. The summed E-state index contributed by atoms with van der Waals surface area (Å²) < 4.78 is 46.7. The molecule has 1 radical (unpaired) electrons. The monoisotopic (exact) mass is 297 g/mol. The van der Waals surface area contributed by atoms with Crippen LogP contribution in [0.15, 0.2) is 36.9 Å². The second kappa shape index (κ2) is 6.01. The van der Waals surface area contributed by atoms with E-state index in [-0.39, 0.29) is 22.9 Å². The summed E-state index contributed by atoms with van der Waals surface area (Å²) in [5.74, 6) is -2.79. The van der Waals surface area contributed by atoms with Crippen molar-refractivity contribution in [1.29, 1.82) is 0 Å². The van der Waals surface area contributed by atoms with Crippen LogP contribution in [0.1, 0.15) is 0 Å². The first-order valence-electron chi connectivity index (χ1n) is 5.62. The van der Waals surface area contributed by atoms with Gasteiger partial charge in [0.2, 0.25) is 0 Å². The Kier molecular flexibility index (Phi) is 4.35. The van der Waals surface area contributed by atoms with Gasteiger partial charge in [0.1, 0.15) is 29.8 Å². The number of benzene rings is 2. The lowest BCUT2D eigenvalue weighted by Gasteiger charge is -2.11. The first-order valence-corrected chi connectivity index (χ1v) is 6.00. The third-order valence-corrected chi connectivity index (χ3v) is 2.83. The summed E-state index contributed by atoms with van der Waals surface area (Å²) in [6.45, 7) is 3.53. The van der Waals surface area contributed by atoms with Crippen LogP contribution in [-0.2, 0) is 0 Å². The van der Waals surface area contributed by atoms with Gasteiger partial charge in [-0.1, -0.05) is 24.3 Å². The predicted molar refractivity (Wildman–Crippen MR) is 71.3 cm³/mol. The third kappa shape index (κ3) is 2.80. The molecule has 1 nitrogen and oxygen atoms in total. The van der Waals surface area contributed by atoms with Crippen molar-refractivity contribution in [1.82, 2.24) is 0 Å². The maximum atomic E-state index is 14.0. The fraction of sp³-hybridized carbons (Fsp3) is 0.0667. The van der Waals surface area contributed by atoms with Crippen LogP contribution in [0, 0.1) is 23.5 Å². The van der Waals surface area contributed by atoms with Gasteiger partial charge in [0.25, 0.3) is 0 Å². The van der Waals surface area contributed by atoms with Crippen molar-refractivity contribution in [2.75, 3.05) is 6.61 Å². The Hall–Kier alpha value is -1.94. The molecule has 0 atom stereocenters. The highest BCUT2D eigenvalue weighted by Crippen LogP contribution is 2.35. The van der Waals surface area contributed by atoms with Crippen molar-refractivity contribution >= 4 is 11.6 Å². The van der Waals surface area contributed by atoms with E-state index in [0.29, 0.717) is 0 Å². The maximum absolute atomic E-state index is 14.0. The minimum absolute atomic E-state index is 0.0114. The zero-order valence-electron chi connectivity index (χ0n) is 10.2.